The summed E-state index contributed by atoms with van der Waals surface area (Å²) in [4.78, 5) is 13.9. The maximum absolute atomic E-state index is 11.7. The minimum atomic E-state index is 0.0406. The number of nitrogens with one attached hydrogen (secondary N) is 1. The highest BCUT2D eigenvalue weighted by Crippen LogP contribution is 2.30. The first kappa shape index (κ1) is 13.0. The Morgan fingerprint density at radius 2 is 2.33 bits per heavy atom. The van der Waals surface area contributed by atoms with Crippen LogP contribution in [0, 0.1) is 5.92 Å². The van der Waals surface area contributed by atoms with Gasteiger partial charge in [-0.25, -0.2) is 0 Å². The number of amides is 1. The van der Waals surface area contributed by atoms with Gasteiger partial charge in [0.05, 0.1) is 17.3 Å². The van der Waals surface area contributed by atoms with Crippen molar-refractivity contribution >= 4 is 28.9 Å². The number of nitrogens with two attached hydrogens (primary N) is 1. The molecule has 1 unspecified atom stereocenters. The molecule has 5 heteroatoms. The van der Waals surface area contributed by atoms with Gasteiger partial charge in [0.2, 0.25) is 5.91 Å². The van der Waals surface area contributed by atoms with Crippen LogP contribution < -0.4 is 16.0 Å². The normalized spacial score (nSPS) is 19.7. The van der Waals surface area contributed by atoms with E-state index in [1.165, 1.54) is 0 Å². The molecule has 4 nitrogen and oxygen atoms in total. The van der Waals surface area contributed by atoms with Gasteiger partial charge in [0.25, 0.3) is 0 Å². The Morgan fingerprint density at radius 3 is 3.00 bits per heavy atom. The molecule has 0 radical (unpaired) electrons. The Labute approximate surface area is 112 Å². The average Bonchev–Trinajstić information content (AvgIpc) is 2.38. The zero-order valence-electron chi connectivity index (χ0n) is 10.4. The first-order valence-electron chi connectivity index (χ1n) is 6.13. The van der Waals surface area contributed by atoms with E-state index in [1.54, 1.807) is 13.1 Å². The highest BCUT2D eigenvalue weighted by Gasteiger charge is 2.25. The first-order valence-corrected chi connectivity index (χ1v) is 6.51. The molecule has 2 rings (SSSR count). The second-order valence-electron chi connectivity index (χ2n) is 4.60. The first-order chi connectivity index (χ1) is 8.61. The topological polar surface area (TPSA) is 58.4 Å². The summed E-state index contributed by atoms with van der Waals surface area (Å²) in [7, 11) is 1.68. The van der Waals surface area contributed by atoms with Crippen LogP contribution in [-0.4, -0.2) is 26.0 Å². The summed E-state index contributed by atoms with van der Waals surface area (Å²) < 4.78 is 0. The number of piperidine rings is 1. The Morgan fingerprint density at radius 1 is 1.56 bits per heavy atom. The van der Waals surface area contributed by atoms with E-state index in [9.17, 15) is 4.79 Å². The average molecular weight is 268 g/mol. The number of rotatable bonds is 2. The van der Waals surface area contributed by atoms with E-state index in [0.29, 0.717) is 17.3 Å². The van der Waals surface area contributed by atoms with Gasteiger partial charge in [-0.05, 0) is 31.0 Å². The van der Waals surface area contributed by atoms with E-state index >= 15 is 0 Å². The molecule has 1 amide bonds. The van der Waals surface area contributed by atoms with Crippen LogP contribution in [0.25, 0.3) is 0 Å². The lowest BCUT2D eigenvalue weighted by molar-refractivity contribution is -0.124. The molecule has 98 valence electrons. The number of benzene rings is 1. The number of carbonyl (C=O) groups excluding carboxylic acids is 1. The Hall–Kier alpha value is -1.42. The molecule has 0 saturated carbocycles. The van der Waals surface area contributed by atoms with Crippen molar-refractivity contribution in [1.82, 2.24) is 5.32 Å². The molecule has 1 heterocycles. The van der Waals surface area contributed by atoms with Gasteiger partial charge in [0.15, 0.2) is 0 Å². The van der Waals surface area contributed by atoms with E-state index in [-0.39, 0.29) is 11.8 Å². The molecule has 0 bridgehead atoms. The van der Waals surface area contributed by atoms with Crippen molar-refractivity contribution in [2.75, 3.05) is 30.8 Å². The summed E-state index contributed by atoms with van der Waals surface area (Å²) in [6, 6.07) is 5.50. The zero-order valence-corrected chi connectivity index (χ0v) is 11.2. The number of carbonyl (C=O) groups is 1. The Bertz CT molecular complexity index is 450. The fraction of sp³-hybridized carbons (Fsp3) is 0.462. The Kier molecular flexibility index (Phi) is 3.97. The molecule has 1 aliphatic heterocycles. The van der Waals surface area contributed by atoms with Gasteiger partial charge in [-0.15, -0.1) is 0 Å². The van der Waals surface area contributed by atoms with Crippen LogP contribution in [0.1, 0.15) is 12.8 Å². The van der Waals surface area contributed by atoms with Crippen LogP contribution in [0.4, 0.5) is 11.4 Å². The molecule has 0 spiro atoms. The fourth-order valence-electron chi connectivity index (χ4n) is 2.43. The minimum absolute atomic E-state index is 0.0406. The predicted molar refractivity (Wildman–Crippen MR) is 74.9 cm³/mol. The predicted octanol–water partition coefficient (Wildman–Crippen LogP) is 1.88. The molecule has 0 aliphatic carbocycles. The molecule has 1 aliphatic rings. The number of anilines is 2. The van der Waals surface area contributed by atoms with Gasteiger partial charge >= 0.3 is 0 Å². The number of nitrogen functional groups attached to an aromatic ring is 1. The van der Waals surface area contributed by atoms with Gasteiger partial charge in [0, 0.05) is 25.2 Å². The molecule has 1 fully saturated rings. The van der Waals surface area contributed by atoms with Gasteiger partial charge in [-0.3, -0.25) is 4.79 Å². The lowest BCUT2D eigenvalue weighted by Gasteiger charge is -2.34. The molecule has 1 aromatic carbocycles. The van der Waals surface area contributed by atoms with E-state index < -0.39 is 0 Å². The molecular formula is C13H18ClN3O. The van der Waals surface area contributed by atoms with Gasteiger partial charge in [-0.1, -0.05) is 11.6 Å². The van der Waals surface area contributed by atoms with Crippen LogP contribution in [0.2, 0.25) is 5.02 Å². The van der Waals surface area contributed by atoms with E-state index in [1.807, 2.05) is 12.1 Å². The summed E-state index contributed by atoms with van der Waals surface area (Å²) in [6.45, 7) is 1.64. The van der Waals surface area contributed by atoms with Crippen molar-refractivity contribution in [1.29, 1.82) is 0 Å². The molecule has 1 aromatic rings. The van der Waals surface area contributed by atoms with Gasteiger partial charge in [0.1, 0.15) is 0 Å². The quantitative estimate of drug-likeness (QED) is 0.805. The van der Waals surface area contributed by atoms with Crippen molar-refractivity contribution in [3.63, 3.8) is 0 Å². The summed E-state index contributed by atoms with van der Waals surface area (Å²) in [5.74, 6) is 0.145. The Balaban J connectivity index is 2.15. The van der Waals surface area contributed by atoms with Crippen LogP contribution in [0.5, 0.6) is 0 Å². The van der Waals surface area contributed by atoms with Crippen molar-refractivity contribution < 1.29 is 4.79 Å². The highest BCUT2D eigenvalue weighted by molar-refractivity contribution is 6.31. The molecule has 1 atom stereocenters. The SMILES string of the molecule is CNC(=O)C1CCCN(c2ccc(Cl)cc2N)C1. The van der Waals surface area contributed by atoms with Crippen LogP contribution >= 0.6 is 11.6 Å². The molecular weight excluding hydrogens is 250 g/mol. The number of nitrogens with zero attached hydrogens (tertiary/aromatic N) is 1. The number of hydrogen-bond donors (Lipinski definition) is 2. The summed E-state index contributed by atoms with van der Waals surface area (Å²) in [5, 5.41) is 3.35. The fourth-order valence-corrected chi connectivity index (χ4v) is 2.61. The highest BCUT2D eigenvalue weighted by atomic mass is 35.5. The van der Waals surface area contributed by atoms with Crippen molar-refractivity contribution in [3.8, 4) is 0 Å². The number of halogens is 1. The molecule has 0 aromatic heterocycles. The second kappa shape index (κ2) is 5.48. The third-order valence-corrected chi connectivity index (χ3v) is 3.60. The lowest BCUT2D eigenvalue weighted by Crippen LogP contribution is -2.42. The maximum atomic E-state index is 11.7. The summed E-state index contributed by atoms with van der Waals surface area (Å²) in [5.41, 5.74) is 7.61. The van der Waals surface area contributed by atoms with Gasteiger partial charge < -0.3 is 16.0 Å². The third-order valence-electron chi connectivity index (χ3n) is 3.37. The van der Waals surface area contributed by atoms with E-state index in [4.69, 9.17) is 17.3 Å². The number of hydrogen-bond acceptors (Lipinski definition) is 3. The maximum Gasteiger partial charge on any atom is 0.224 e. The van der Waals surface area contributed by atoms with E-state index in [0.717, 1.165) is 25.1 Å². The summed E-state index contributed by atoms with van der Waals surface area (Å²) >= 11 is 5.89. The third kappa shape index (κ3) is 2.70. The van der Waals surface area contributed by atoms with Gasteiger partial charge in [-0.2, -0.15) is 0 Å². The standard InChI is InChI=1S/C13H18ClN3O/c1-16-13(18)9-3-2-6-17(8-9)12-5-4-10(14)7-11(12)15/h4-5,7,9H,2-3,6,8,15H2,1H3,(H,16,18). The van der Waals surface area contributed by atoms with Crippen molar-refractivity contribution in [3.05, 3.63) is 23.2 Å². The van der Waals surface area contributed by atoms with Crippen LogP contribution in [-0.2, 0) is 4.79 Å². The van der Waals surface area contributed by atoms with Crippen molar-refractivity contribution in [2.45, 2.75) is 12.8 Å². The van der Waals surface area contributed by atoms with Crippen molar-refractivity contribution in [2.24, 2.45) is 5.92 Å². The lowest BCUT2D eigenvalue weighted by atomic mass is 9.96. The second-order valence-corrected chi connectivity index (χ2v) is 5.04. The van der Waals surface area contributed by atoms with Crippen LogP contribution in [0.15, 0.2) is 18.2 Å². The zero-order chi connectivity index (χ0) is 13.1. The molecule has 1 saturated heterocycles. The largest absolute Gasteiger partial charge is 0.397 e. The minimum Gasteiger partial charge on any atom is -0.397 e. The molecule has 3 N–H and O–H groups in total. The summed E-state index contributed by atoms with van der Waals surface area (Å²) in [6.07, 6.45) is 1.93. The smallest absolute Gasteiger partial charge is 0.224 e. The monoisotopic (exact) mass is 267 g/mol. The van der Waals surface area contributed by atoms with E-state index in [2.05, 4.69) is 10.2 Å². The van der Waals surface area contributed by atoms with Crippen LogP contribution in [0.3, 0.4) is 0 Å². The molecule has 18 heavy (non-hydrogen) atoms.